The lowest BCUT2D eigenvalue weighted by molar-refractivity contribution is -0.214. The molecule has 5 fully saturated rings. The Morgan fingerprint density at radius 3 is 2.30 bits per heavy atom. The number of pyridine rings is 1. The van der Waals surface area contributed by atoms with Crippen LogP contribution in [0.4, 0.5) is 5.82 Å². The highest BCUT2D eigenvalue weighted by Crippen LogP contribution is 2.73. The van der Waals surface area contributed by atoms with Crippen molar-refractivity contribution in [3.8, 4) is 0 Å². The van der Waals surface area contributed by atoms with Crippen LogP contribution in [0.1, 0.15) is 120 Å². The second kappa shape index (κ2) is 14.0. The first-order valence-electron chi connectivity index (χ1n) is 21.1. The summed E-state index contributed by atoms with van der Waals surface area (Å²) in [6.07, 6.45) is 9.43. The summed E-state index contributed by atoms with van der Waals surface area (Å²) in [4.78, 5) is 48.2. The minimum atomic E-state index is -1.16. The molecule has 9 heteroatoms. The lowest BCUT2D eigenvalue weighted by Crippen LogP contribution is -2.63. The number of carbonyl (C=O) groups is 3. The van der Waals surface area contributed by atoms with Crippen molar-refractivity contribution in [2.24, 2.45) is 56.7 Å². The lowest BCUT2D eigenvalue weighted by Gasteiger charge is -2.69. The molecule has 2 N–H and O–H groups in total. The number of hydrogen-bond donors (Lipinski definition) is 2. The van der Waals surface area contributed by atoms with E-state index in [9.17, 15) is 24.6 Å². The zero-order valence-electron chi connectivity index (χ0n) is 34.3. The summed E-state index contributed by atoms with van der Waals surface area (Å²) < 4.78 is 6.17. The van der Waals surface area contributed by atoms with Gasteiger partial charge < -0.3 is 19.8 Å². The molecule has 9 atom stereocenters. The van der Waals surface area contributed by atoms with Crippen LogP contribution >= 0.6 is 0 Å². The number of aliphatic hydroxyl groups excluding tert-OH is 1. The zero-order valence-corrected chi connectivity index (χ0v) is 34.3. The van der Waals surface area contributed by atoms with Crippen LogP contribution in [0, 0.1) is 56.7 Å². The van der Waals surface area contributed by atoms with E-state index < -0.39 is 28.9 Å². The predicted octanol–water partition coefficient (Wildman–Crippen LogP) is 7.57. The molecule has 9 unspecified atom stereocenters. The van der Waals surface area contributed by atoms with E-state index in [2.05, 4.69) is 62.4 Å². The summed E-state index contributed by atoms with van der Waals surface area (Å²) in [6, 6.07) is 6.05. The van der Waals surface area contributed by atoms with Gasteiger partial charge in [-0.3, -0.25) is 19.3 Å². The second-order valence-electron chi connectivity index (χ2n) is 20.4. The van der Waals surface area contributed by atoms with Gasteiger partial charge in [0.1, 0.15) is 11.9 Å². The number of ketones is 1. The first kappa shape index (κ1) is 39.5. The lowest BCUT2D eigenvalue weighted by atomic mass is 9.36. The van der Waals surface area contributed by atoms with Gasteiger partial charge in [0.05, 0.1) is 17.9 Å². The number of esters is 1. The van der Waals surface area contributed by atoms with Crippen LogP contribution in [0.2, 0.25) is 0 Å². The monoisotopic (exact) mass is 746 g/mol. The van der Waals surface area contributed by atoms with E-state index in [0.29, 0.717) is 36.6 Å². The van der Waals surface area contributed by atoms with Gasteiger partial charge in [0, 0.05) is 56.2 Å². The number of ether oxygens (including phenoxy) is 1. The number of carboxylic acids is 1. The molecule has 1 saturated heterocycles. The fourth-order valence-electron chi connectivity index (χ4n) is 13.7. The number of Topliss-reactive ketones (excluding diaryl/α,β-unsaturated/α-hetero) is 1. The van der Waals surface area contributed by atoms with Gasteiger partial charge in [-0.05, 0) is 123 Å². The minimum absolute atomic E-state index is 0.0942. The number of hydrogen-bond acceptors (Lipinski definition) is 8. The van der Waals surface area contributed by atoms with Gasteiger partial charge in [0.25, 0.3) is 0 Å². The molecule has 0 aromatic carbocycles. The number of β-amino-alcohol motifs (C(OH)–C–C–N with tert-alkyl or cyclic N) is 1. The van der Waals surface area contributed by atoms with Crippen LogP contribution < -0.4 is 4.90 Å². The Kier molecular flexibility index (Phi) is 10.2. The highest BCUT2D eigenvalue weighted by molar-refractivity contribution is 6.00. The molecule has 9 nitrogen and oxygen atoms in total. The molecule has 2 heterocycles. The molecule has 7 rings (SSSR count). The molecule has 0 spiro atoms. The maximum atomic E-state index is 14.1. The van der Waals surface area contributed by atoms with Crippen molar-refractivity contribution in [3.05, 3.63) is 35.5 Å². The molecule has 1 aromatic heterocycles. The molecule has 4 saturated carbocycles. The van der Waals surface area contributed by atoms with Gasteiger partial charge in [-0.15, -0.1) is 0 Å². The number of allylic oxidation sites excluding steroid dienone is 1. The Labute approximate surface area is 323 Å². The van der Waals surface area contributed by atoms with Crippen molar-refractivity contribution in [1.29, 1.82) is 0 Å². The first-order chi connectivity index (χ1) is 25.3. The van der Waals surface area contributed by atoms with E-state index >= 15 is 0 Å². The van der Waals surface area contributed by atoms with Crippen LogP contribution in [0.25, 0.3) is 0 Å². The molecule has 298 valence electrons. The summed E-state index contributed by atoms with van der Waals surface area (Å²) >= 11 is 0. The predicted molar refractivity (Wildman–Crippen MR) is 210 cm³/mol. The van der Waals surface area contributed by atoms with E-state index in [1.54, 1.807) is 13.8 Å². The fraction of sp³-hybridized carbons (Fsp3) is 0.778. The van der Waals surface area contributed by atoms with Crippen molar-refractivity contribution in [3.63, 3.8) is 0 Å². The topological polar surface area (TPSA) is 120 Å². The molecular formula is C45H67N3O6. The van der Waals surface area contributed by atoms with Crippen LogP contribution in [-0.2, 0) is 19.1 Å². The SMILES string of the molecule is CC(C)C1=C2C3CCC4C(C)(CCC5C(C)(C)C(OC(=O)CC(C)(C)C(=O)O)CCC54C)C3CCC2(C(O)CN2CCN(c3ccccn3)CC2)CC1=O. The summed E-state index contributed by atoms with van der Waals surface area (Å²) in [6.45, 7) is 21.3. The Balaban J connectivity index is 1.10. The van der Waals surface area contributed by atoms with E-state index in [0.717, 1.165) is 88.9 Å². The van der Waals surface area contributed by atoms with Crippen molar-refractivity contribution in [2.75, 3.05) is 37.6 Å². The molecule has 0 amide bonds. The van der Waals surface area contributed by atoms with Gasteiger partial charge in [-0.2, -0.15) is 0 Å². The third-order valence-corrected chi connectivity index (χ3v) is 16.4. The molecule has 5 aliphatic carbocycles. The molecule has 54 heavy (non-hydrogen) atoms. The van der Waals surface area contributed by atoms with E-state index in [1.807, 2.05) is 18.3 Å². The number of carboxylic acid groups (broad SMARTS) is 1. The maximum absolute atomic E-state index is 14.1. The van der Waals surface area contributed by atoms with Crippen LogP contribution in [0.3, 0.4) is 0 Å². The number of rotatable bonds is 9. The number of anilines is 1. The van der Waals surface area contributed by atoms with Gasteiger partial charge in [0.15, 0.2) is 5.78 Å². The Morgan fingerprint density at radius 2 is 1.65 bits per heavy atom. The Morgan fingerprint density at radius 1 is 0.944 bits per heavy atom. The third kappa shape index (κ3) is 6.35. The van der Waals surface area contributed by atoms with Gasteiger partial charge in [-0.1, -0.05) is 53.2 Å². The van der Waals surface area contributed by atoms with Crippen molar-refractivity contribution in [1.82, 2.24) is 9.88 Å². The van der Waals surface area contributed by atoms with Crippen molar-refractivity contribution < 1.29 is 29.3 Å². The van der Waals surface area contributed by atoms with Gasteiger partial charge in [0.2, 0.25) is 0 Å². The standard InChI is InChI=1S/C45H67N3O6/c1-28(2)38-31(49)25-45(34(50)27-47-21-23-48(24-22-47)36-11-9-10-20-46-36)19-14-30-29(39(38)45)12-13-33-43(30,7)17-15-32-42(5,6)35(16-18-44(32,33)8)54-37(51)26-41(3,4)40(52)53/h9-11,20,28-30,32-35,50H,12-19,21-27H2,1-8H3,(H,52,53). The smallest absolute Gasteiger partial charge is 0.309 e. The molecule has 0 radical (unpaired) electrons. The number of carbonyl (C=O) groups excluding carboxylic acids is 2. The first-order valence-corrected chi connectivity index (χ1v) is 21.1. The summed E-state index contributed by atoms with van der Waals surface area (Å²) in [5.41, 5.74) is 0.725. The third-order valence-electron chi connectivity index (χ3n) is 16.4. The number of piperazine rings is 1. The summed E-state index contributed by atoms with van der Waals surface area (Å²) in [5, 5.41) is 22.0. The average Bonchev–Trinajstić information content (AvgIpc) is 3.43. The van der Waals surface area contributed by atoms with Crippen LogP contribution in [0.5, 0.6) is 0 Å². The molecule has 1 aliphatic heterocycles. The minimum Gasteiger partial charge on any atom is -0.481 e. The van der Waals surface area contributed by atoms with E-state index in [4.69, 9.17) is 4.74 Å². The van der Waals surface area contributed by atoms with Gasteiger partial charge in [-0.25, -0.2) is 4.98 Å². The Bertz CT molecular complexity index is 1650. The van der Waals surface area contributed by atoms with Crippen molar-refractivity contribution in [2.45, 2.75) is 132 Å². The Hall–Kier alpha value is -2.78. The number of aromatic nitrogens is 1. The quantitative estimate of drug-likeness (QED) is 0.247. The zero-order chi connectivity index (χ0) is 39.0. The van der Waals surface area contributed by atoms with E-state index in [-0.39, 0.29) is 40.5 Å². The van der Waals surface area contributed by atoms with Crippen LogP contribution in [0.15, 0.2) is 35.5 Å². The van der Waals surface area contributed by atoms with E-state index in [1.165, 1.54) is 5.57 Å². The summed E-state index contributed by atoms with van der Waals surface area (Å²) in [7, 11) is 0. The number of fused-ring (bicyclic) bond motifs is 7. The molecule has 1 aromatic rings. The number of nitrogens with zero attached hydrogens (tertiary/aromatic N) is 3. The van der Waals surface area contributed by atoms with Crippen LogP contribution in [-0.4, -0.2) is 82.8 Å². The highest BCUT2D eigenvalue weighted by Gasteiger charge is 2.67. The molecular weight excluding hydrogens is 679 g/mol. The highest BCUT2D eigenvalue weighted by atomic mass is 16.5. The average molecular weight is 746 g/mol. The molecule has 6 aliphatic rings. The largest absolute Gasteiger partial charge is 0.481 e. The van der Waals surface area contributed by atoms with Gasteiger partial charge >= 0.3 is 11.9 Å². The number of aliphatic carboxylic acids is 1. The summed E-state index contributed by atoms with van der Waals surface area (Å²) in [5.74, 6) is 1.73. The fourth-order valence-corrected chi connectivity index (χ4v) is 13.7. The number of aliphatic hydroxyl groups is 1. The molecule has 0 bridgehead atoms. The maximum Gasteiger partial charge on any atom is 0.309 e. The second-order valence-corrected chi connectivity index (χ2v) is 20.4. The normalized spacial score (nSPS) is 37.3. The van der Waals surface area contributed by atoms with Crippen molar-refractivity contribution >= 4 is 23.5 Å².